The lowest BCUT2D eigenvalue weighted by Crippen LogP contribution is -2.30. The molecule has 0 unspecified atom stereocenters. The molecule has 1 fully saturated rings. The van der Waals surface area contributed by atoms with E-state index in [9.17, 15) is 0 Å². The van der Waals surface area contributed by atoms with Crippen molar-refractivity contribution < 1.29 is 0 Å². The third-order valence-corrected chi connectivity index (χ3v) is 23.6. The average molecular weight is 1620 g/mol. The zero-order valence-corrected chi connectivity index (χ0v) is 70.5. The van der Waals surface area contributed by atoms with Crippen molar-refractivity contribution in [1.82, 2.24) is 0 Å². The first-order valence-corrected chi connectivity index (χ1v) is 43.7. The van der Waals surface area contributed by atoms with Crippen molar-refractivity contribution in [3.63, 3.8) is 0 Å². The van der Waals surface area contributed by atoms with Gasteiger partial charge in [-0.2, -0.15) is 0 Å². The van der Waals surface area contributed by atoms with Gasteiger partial charge in [0, 0.05) is 108 Å². The molecular weight excluding hydrogens is 1530 g/mol. The Labute approximate surface area is 742 Å². The van der Waals surface area contributed by atoms with Crippen LogP contribution >= 0.6 is 0 Å². The highest BCUT2D eigenvalue weighted by Crippen LogP contribution is 2.49. The number of nitrogens with zero attached hydrogens (tertiary/aromatic N) is 6. The molecule has 1 aliphatic carbocycles. The van der Waals surface area contributed by atoms with Crippen LogP contribution in [0.25, 0.3) is 33.4 Å². The van der Waals surface area contributed by atoms with Crippen LogP contribution in [0.1, 0.15) is 43.2 Å². The van der Waals surface area contributed by atoms with E-state index in [1.165, 1.54) is 88.0 Å². The summed E-state index contributed by atoms with van der Waals surface area (Å²) in [5.41, 5.74) is 30.4. The molecule has 0 aromatic heterocycles. The molecule has 6 nitrogen and oxygen atoms in total. The summed E-state index contributed by atoms with van der Waals surface area (Å²) in [6.07, 6.45) is 6.17. The van der Waals surface area contributed by atoms with E-state index >= 15 is 0 Å². The molecule has 0 heterocycles. The summed E-state index contributed by atoms with van der Waals surface area (Å²) < 4.78 is 0. The van der Waals surface area contributed by atoms with Crippen LogP contribution in [0.5, 0.6) is 0 Å². The summed E-state index contributed by atoms with van der Waals surface area (Å²) in [6.45, 7) is 0. The van der Waals surface area contributed by atoms with Crippen molar-refractivity contribution in [3.8, 4) is 33.4 Å². The van der Waals surface area contributed by atoms with Crippen molar-refractivity contribution in [2.24, 2.45) is 0 Å². The van der Waals surface area contributed by atoms with E-state index in [1.54, 1.807) is 0 Å². The van der Waals surface area contributed by atoms with Crippen LogP contribution in [-0.4, -0.2) is 0 Å². The third-order valence-electron chi connectivity index (χ3n) is 23.6. The Balaban J connectivity index is 0.000000131. The van der Waals surface area contributed by atoms with E-state index in [1.807, 2.05) is 0 Å². The fraction of sp³-hybridized carbons (Fsp3) is 0.0500. The molecule has 0 aliphatic heterocycles. The van der Waals surface area contributed by atoms with E-state index < -0.39 is 0 Å². The second-order valence-electron chi connectivity index (χ2n) is 31.5. The van der Waals surface area contributed by atoms with Crippen molar-refractivity contribution in [2.45, 2.75) is 37.5 Å². The summed E-state index contributed by atoms with van der Waals surface area (Å²) in [6, 6.07) is 190. The SMILES string of the molecule is c1ccc(-c2ccc(N(c3ccc(-c4ccccc4)cc3)c3ccc(-c4ccc(N(c5ccccc5)c5ccccc5)cc4)cc3)cc2)cc1.c1ccc(N(c2ccccc2)c2ccc(C3(c4ccc(N(c5ccccc5)c5ccccc5)cc4)CCCCC3)cc2)cc1.c1ccc(N(c2ccccc2)c2cccc(N(c3ccccc3)c3ccccc3)c2)cc1. The highest BCUT2D eigenvalue weighted by atomic mass is 15.2. The van der Waals surface area contributed by atoms with E-state index in [0.717, 1.165) is 91.0 Å². The van der Waals surface area contributed by atoms with Crippen molar-refractivity contribution in [2.75, 3.05) is 29.4 Å². The molecule has 0 N–H and O–H groups in total. The van der Waals surface area contributed by atoms with Crippen molar-refractivity contribution in [3.05, 3.63) is 545 Å². The highest BCUT2D eigenvalue weighted by Gasteiger charge is 2.36. The zero-order chi connectivity index (χ0) is 84.7. The fourth-order valence-corrected chi connectivity index (χ4v) is 17.5. The molecule has 0 saturated heterocycles. The minimum absolute atomic E-state index is 0.0178. The number of hydrogen-bond donors (Lipinski definition) is 0. The van der Waals surface area contributed by atoms with Gasteiger partial charge >= 0.3 is 0 Å². The number of benzene rings is 19. The van der Waals surface area contributed by atoms with Crippen LogP contribution in [0.2, 0.25) is 0 Å². The maximum atomic E-state index is 2.38. The van der Waals surface area contributed by atoms with Gasteiger partial charge in [-0.3, -0.25) is 0 Å². The van der Waals surface area contributed by atoms with E-state index in [4.69, 9.17) is 0 Å². The molecule has 0 radical (unpaired) electrons. The molecule has 608 valence electrons. The third kappa shape index (κ3) is 18.9. The number of hydrogen-bond acceptors (Lipinski definition) is 6. The van der Waals surface area contributed by atoms with Crippen LogP contribution in [-0.2, 0) is 5.41 Å². The predicted molar refractivity (Wildman–Crippen MR) is 534 cm³/mol. The van der Waals surface area contributed by atoms with Gasteiger partial charge < -0.3 is 29.4 Å². The maximum Gasteiger partial charge on any atom is 0.0482 e. The Morgan fingerprint density at radius 2 is 0.262 bits per heavy atom. The van der Waals surface area contributed by atoms with Crippen LogP contribution in [0.4, 0.5) is 102 Å². The largest absolute Gasteiger partial charge is 0.311 e. The Hall–Kier alpha value is -16.0. The van der Waals surface area contributed by atoms with Gasteiger partial charge in [-0.1, -0.05) is 341 Å². The second-order valence-corrected chi connectivity index (χ2v) is 31.5. The van der Waals surface area contributed by atoms with Gasteiger partial charge in [0.05, 0.1) is 0 Å². The smallest absolute Gasteiger partial charge is 0.0482 e. The van der Waals surface area contributed by atoms with E-state index in [-0.39, 0.29) is 5.41 Å². The van der Waals surface area contributed by atoms with E-state index in [2.05, 4.69) is 563 Å². The van der Waals surface area contributed by atoms with Gasteiger partial charge in [-0.05, 0) is 270 Å². The summed E-state index contributed by atoms with van der Waals surface area (Å²) in [5, 5.41) is 0. The molecule has 19 aromatic rings. The second kappa shape index (κ2) is 39.7. The molecule has 0 bridgehead atoms. The topological polar surface area (TPSA) is 19.4 Å². The number of rotatable bonds is 23. The molecule has 126 heavy (non-hydrogen) atoms. The van der Waals surface area contributed by atoms with Crippen molar-refractivity contribution >= 4 is 102 Å². The predicted octanol–water partition coefficient (Wildman–Crippen LogP) is 34.1. The molecule has 1 aliphatic rings. The lowest BCUT2D eigenvalue weighted by molar-refractivity contribution is 0.346. The van der Waals surface area contributed by atoms with Crippen LogP contribution in [0, 0.1) is 0 Å². The molecule has 6 heteroatoms. The van der Waals surface area contributed by atoms with Crippen LogP contribution in [0.15, 0.2) is 534 Å². The van der Waals surface area contributed by atoms with Gasteiger partial charge in [0.15, 0.2) is 0 Å². The zero-order valence-electron chi connectivity index (χ0n) is 70.5. The van der Waals surface area contributed by atoms with Gasteiger partial charge in [0.1, 0.15) is 0 Å². The van der Waals surface area contributed by atoms with Crippen LogP contribution < -0.4 is 29.4 Å². The first-order chi connectivity index (χ1) is 62.5. The normalized spacial score (nSPS) is 11.9. The lowest BCUT2D eigenvalue weighted by atomic mass is 9.65. The first-order valence-electron chi connectivity index (χ1n) is 43.7. The average Bonchev–Trinajstić information content (AvgIpc) is 0.746. The first kappa shape index (κ1) is 81.0. The monoisotopic (exact) mass is 1620 g/mol. The fourth-order valence-electron chi connectivity index (χ4n) is 17.5. The standard InChI is InChI=1S/C48H36N2.C42H38N2.C30H24N2/c1-5-13-37(14-6-1)39-21-29-46(30-22-39)50(47-31-23-40(24-32-47)38-15-7-2-8-16-38)48-35-27-42(28-36-48)41-25-33-45(34-26-41)49(43-17-9-3-10-18-43)44-19-11-4-12-20-44;1-6-16-36(17-7-1)43(37-18-8-2-9-19-37)40-28-24-34(25-29-40)42(32-14-5-15-33-42)35-26-30-41(31-27-35)44(38-20-10-3-11-21-38)39-22-12-4-13-23-39;1-5-14-25(15-6-1)31(26-16-7-2-8-17-26)29-22-13-23-30(24-29)32(27-18-9-3-10-19-27)28-20-11-4-12-21-28/h1-36H;1-4,6-13,16-31H,5,14-15,32-33H2;1-24H. The maximum absolute atomic E-state index is 2.38. The summed E-state index contributed by atoms with van der Waals surface area (Å²) in [5.74, 6) is 0. The minimum atomic E-state index is 0.0178. The molecule has 0 spiro atoms. The summed E-state index contributed by atoms with van der Waals surface area (Å²) in [7, 11) is 0. The Morgan fingerprint density at radius 3 is 0.452 bits per heavy atom. The number of anilines is 18. The summed E-state index contributed by atoms with van der Waals surface area (Å²) in [4.78, 5) is 13.9. The molecule has 0 amide bonds. The van der Waals surface area contributed by atoms with Crippen molar-refractivity contribution in [1.29, 1.82) is 0 Å². The molecule has 20 rings (SSSR count). The quantitative estimate of drug-likeness (QED) is 0.0631. The Morgan fingerprint density at radius 1 is 0.119 bits per heavy atom. The van der Waals surface area contributed by atoms with Crippen LogP contribution in [0.3, 0.4) is 0 Å². The number of para-hydroxylation sites is 10. The highest BCUT2D eigenvalue weighted by molar-refractivity contribution is 5.87. The van der Waals surface area contributed by atoms with Gasteiger partial charge in [0.2, 0.25) is 0 Å². The molecule has 0 atom stereocenters. The Bertz CT molecular complexity index is 6000. The van der Waals surface area contributed by atoms with E-state index in [0.29, 0.717) is 0 Å². The summed E-state index contributed by atoms with van der Waals surface area (Å²) >= 11 is 0. The van der Waals surface area contributed by atoms with Gasteiger partial charge in [-0.25, -0.2) is 0 Å². The lowest BCUT2D eigenvalue weighted by Gasteiger charge is -2.39. The molecule has 1 saturated carbocycles. The Kier molecular flexibility index (Phi) is 25.5. The van der Waals surface area contributed by atoms with Gasteiger partial charge in [-0.15, -0.1) is 0 Å². The van der Waals surface area contributed by atoms with Gasteiger partial charge in [0.25, 0.3) is 0 Å². The minimum Gasteiger partial charge on any atom is -0.311 e. The molecule has 19 aromatic carbocycles. The molecular formula is C120H98N6.